The maximum absolute atomic E-state index is 12.6. The lowest BCUT2D eigenvalue weighted by Crippen LogP contribution is -2.47. The quantitative estimate of drug-likeness (QED) is 0.753. The molecule has 1 atom stereocenters. The average molecular weight is 334 g/mol. The minimum atomic E-state index is 0.343. The van der Waals surface area contributed by atoms with Gasteiger partial charge in [0.1, 0.15) is 5.82 Å². The molecule has 134 valence electrons. The topological polar surface area (TPSA) is 67.2 Å². The van der Waals surface area contributed by atoms with Crippen LogP contribution in [0.1, 0.15) is 45.4 Å². The number of carbonyl (C=O) groups is 1. The summed E-state index contributed by atoms with van der Waals surface area (Å²) < 4.78 is 1.85. The van der Waals surface area contributed by atoms with E-state index < -0.39 is 0 Å². The predicted molar refractivity (Wildman–Crippen MR) is 91.3 cm³/mol. The summed E-state index contributed by atoms with van der Waals surface area (Å²) in [5.74, 6) is 2.45. The van der Waals surface area contributed by atoms with Crippen LogP contribution in [0.5, 0.6) is 0 Å². The van der Waals surface area contributed by atoms with Crippen molar-refractivity contribution < 1.29 is 4.79 Å². The number of hydrogen-bond acceptors (Lipinski definition) is 5. The molecule has 7 nitrogen and oxygen atoms in total. The minimum Gasteiger partial charge on any atom is -0.338 e. The summed E-state index contributed by atoms with van der Waals surface area (Å²) >= 11 is 0. The Labute approximate surface area is 144 Å². The number of carbonyl (C=O) groups excluding carboxylic acids is 1. The Morgan fingerprint density at radius 1 is 1.25 bits per heavy atom. The fraction of sp³-hybridized carbons (Fsp3) is 0.882. The summed E-state index contributed by atoms with van der Waals surface area (Å²) in [6.45, 7) is 11.1. The molecule has 1 aliphatic carbocycles. The first-order valence-electron chi connectivity index (χ1n) is 9.29. The highest BCUT2D eigenvalue weighted by Gasteiger charge is 2.35. The van der Waals surface area contributed by atoms with Gasteiger partial charge in [0.25, 0.3) is 0 Å². The molecule has 0 radical (unpaired) electrons. The molecule has 1 aromatic heterocycles. The van der Waals surface area contributed by atoms with Crippen LogP contribution in [0.2, 0.25) is 0 Å². The van der Waals surface area contributed by atoms with Crippen molar-refractivity contribution in [2.45, 2.75) is 59.0 Å². The van der Waals surface area contributed by atoms with Gasteiger partial charge in [-0.15, -0.1) is 5.10 Å². The van der Waals surface area contributed by atoms with Crippen molar-refractivity contribution in [1.82, 2.24) is 30.0 Å². The molecule has 0 bridgehead atoms. The van der Waals surface area contributed by atoms with Crippen molar-refractivity contribution in [1.29, 1.82) is 0 Å². The van der Waals surface area contributed by atoms with Crippen molar-refractivity contribution in [3.8, 4) is 0 Å². The van der Waals surface area contributed by atoms with E-state index in [4.69, 9.17) is 0 Å². The summed E-state index contributed by atoms with van der Waals surface area (Å²) in [6.07, 6.45) is 4.25. The number of hydrogen-bond donors (Lipinski definition) is 0. The van der Waals surface area contributed by atoms with Crippen LogP contribution in [0, 0.1) is 18.8 Å². The molecule has 1 saturated heterocycles. The zero-order valence-corrected chi connectivity index (χ0v) is 15.2. The number of nitrogens with zero attached hydrogens (tertiary/aromatic N) is 6. The molecular weight excluding hydrogens is 304 g/mol. The van der Waals surface area contributed by atoms with E-state index in [1.807, 2.05) is 11.6 Å². The van der Waals surface area contributed by atoms with E-state index in [2.05, 4.69) is 39.2 Å². The third-order valence-corrected chi connectivity index (χ3v) is 5.28. The summed E-state index contributed by atoms with van der Waals surface area (Å²) in [5, 5.41) is 11.6. The molecule has 7 heteroatoms. The highest BCUT2D eigenvalue weighted by molar-refractivity contribution is 5.77. The van der Waals surface area contributed by atoms with Crippen molar-refractivity contribution in [3.63, 3.8) is 0 Å². The zero-order valence-electron chi connectivity index (χ0n) is 15.2. The van der Waals surface area contributed by atoms with Crippen LogP contribution in [-0.4, -0.2) is 68.1 Å². The molecule has 0 N–H and O–H groups in total. The van der Waals surface area contributed by atoms with Gasteiger partial charge in [-0.25, -0.2) is 4.68 Å². The lowest BCUT2D eigenvalue weighted by atomic mass is 10.0. The molecule has 2 fully saturated rings. The Hall–Kier alpha value is -1.50. The van der Waals surface area contributed by atoms with Crippen molar-refractivity contribution >= 4 is 5.91 Å². The van der Waals surface area contributed by atoms with Gasteiger partial charge >= 0.3 is 0 Å². The van der Waals surface area contributed by atoms with Crippen LogP contribution in [0.15, 0.2) is 0 Å². The first-order valence-corrected chi connectivity index (χ1v) is 9.29. The van der Waals surface area contributed by atoms with E-state index in [1.165, 1.54) is 12.8 Å². The maximum atomic E-state index is 12.6. The molecule has 1 amide bonds. The smallest absolute Gasteiger partial charge is 0.224 e. The second kappa shape index (κ2) is 7.59. The molecule has 1 aromatic rings. The average Bonchev–Trinajstić information content (AvgIpc) is 3.30. The van der Waals surface area contributed by atoms with Gasteiger partial charge < -0.3 is 9.80 Å². The van der Waals surface area contributed by atoms with Gasteiger partial charge in [-0.1, -0.05) is 13.8 Å². The van der Waals surface area contributed by atoms with E-state index in [0.29, 0.717) is 24.3 Å². The summed E-state index contributed by atoms with van der Waals surface area (Å²) in [6, 6.07) is 0.343. The first-order chi connectivity index (χ1) is 11.5. The number of amides is 1. The monoisotopic (exact) mass is 334 g/mol. The van der Waals surface area contributed by atoms with E-state index in [-0.39, 0.29) is 0 Å². The minimum absolute atomic E-state index is 0.343. The van der Waals surface area contributed by atoms with Crippen LogP contribution >= 0.6 is 0 Å². The van der Waals surface area contributed by atoms with Crippen LogP contribution in [0.25, 0.3) is 0 Å². The highest BCUT2D eigenvalue weighted by atomic mass is 16.2. The van der Waals surface area contributed by atoms with Crippen molar-refractivity contribution in [3.05, 3.63) is 5.82 Å². The number of aromatic nitrogens is 4. The molecule has 1 aliphatic heterocycles. The molecular formula is C17H30N6O. The van der Waals surface area contributed by atoms with Crippen molar-refractivity contribution in [2.24, 2.45) is 11.8 Å². The van der Waals surface area contributed by atoms with Crippen LogP contribution in [0.4, 0.5) is 0 Å². The lowest BCUT2D eigenvalue weighted by Gasteiger charge is -2.35. The van der Waals surface area contributed by atoms with Crippen LogP contribution < -0.4 is 0 Å². The predicted octanol–water partition coefficient (Wildman–Crippen LogP) is 1.34. The van der Waals surface area contributed by atoms with E-state index in [9.17, 15) is 4.79 Å². The Morgan fingerprint density at radius 3 is 2.67 bits per heavy atom. The Kier molecular flexibility index (Phi) is 5.48. The largest absolute Gasteiger partial charge is 0.338 e. The standard InChI is InChI=1S/C17H30N6O/c1-13(2)16-12-21(8-4-9-23-14(3)18-19-20-23)10-7-17(24)22(16)11-15-5-6-15/h13,15-16H,4-12H2,1-3H3. The molecule has 0 spiro atoms. The van der Waals surface area contributed by atoms with Gasteiger partial charge in [-0.3, -0.25) is 4.79 Å². The van der Waals surface area contributed by atoms with Gasteiger partial charge in [0.2, 0.25) is 5.91 Å². The Bertz CT molecular complexity index is 553. The van der Waals surface area contributed by atoms with Gasteiger partial charge in [0.15, 0.2) is 0 Å². The Balaban J connectivity index is 1.56. The summed E-state index contributed by atoms with van der Waals surface area (Å²) in [7, 11) is 0. The molecule has 1 saturated carbocycles. The lowest BCUT2D eigenvalue weighted by molar-refractivity contribution is -0.133. The number of rotatable bonds is 7. The first kappa shape index (κ1) is 17.3. The van der Waals surface area contributed by atoms with E-state index in [1.54, 1.807) is 0 Å². The van der Waals surface area contributed by atoms with Crippen LogP contribution in [-0.2, 0) is 11.3 Å². The van der Waals surface area contributed by atoms with Gasteiger partial charge in [-0.05, 0) is 55.0 Å². The molecule has 24 heavy (non-hydrogen) atoms. The van der Waals surface area contributed by atoms with Crippen LogP contribution in [0.3, 0.4) is 0 Å². The third kappa shape index (κ3) is 4.32. The molecule has 2 heterocycles. The SMILES string of the molecule is Cc1nnnn1CCCN1CCC(=O)N(CC2CC2)C(C(C)C)C1. The second-order valence-corrected chi connectivity index (χ2v) is 7.65. The maximum Gasteiger partial charge on any atom is 0.224 e. The number of tetrazole rings is 1. The second-order valence-electron chi connectivity index (χ2n) is 7.65. The van der Waals surface area contributed by atoms with E-state index >= 15 is 0 Å². The summed E-state index contributed by atoms with van der Waals surface area (Å²) in [5.41, 5.74) is 0. The molecule has 0 aromatic carbocycles. The third-order valence-electron chi connectivity index (χ3n) is 5.28. The normalized spacial score (nSPS) is 23.1. The van der Waals surface area contributed by atoms with E-state index in [0.717, 1.165) is 50.9 Å². The summed E-state index contributed by atoms with van der Waals surface area (Å²) in [4.78, 5) is 17.3. The Morgan fingerprint density at radius 2 is 2.04 bits per heavy atom. The van der Waals surface area contributed by atoms with Crippen molar-refractivity contribution in [2.75, 3.05) is 26.2 Å². The van der Waals surface area contributed by atoms with Gasteiger partial charge in [-0.2, -0.15) is 0 Å². The molecule has 1 unspecified atom stereocenters. The fourth-order valence-corrected chi connectivity index (χ4v) is 3.53. The highest BCUT2D eigenvalue weighted by Crippen LogP contribution is 2.32. The molecule has 2 aliphatic rings. The molecule has 3 rings (SSSR count). The zero-order chi connectivity index (χ0) is 17.1. The van der Waals surface area contributed by atoms with Gasteiger partial charge in [0.05, 0.1) is 0 Å². The number of aryl methyl sites for hydroxylation is 2. The fourth-order valence-electron chi connectivity index (χ4n) is 3.53. The van der Waals surface area contributed by atoms with Gasteiger partial charge in [0, 0.05) is 38.6 Å².